The van der Waals surface area contributed by atoms with Gasteiger partial charge in [0, 0.05) is 19.3 Å². The first kappa shape index (κ1) is 52.8. The molecule has 0 spiro atoms. The number of carbonyl (C=O) groups excluding carboxylic acids is 3. The summed E-state index contributed by atoms with van der Waals surface area (Å²) in [6, 6.07) is 0. The normalized spacial score (nSPS) is 14.7. The van der Waals surface area contributed by atoms with E-state index < -0.39 is 37.1 Å². The summed E-state index contributed by atoms with van der Waals surface area (Å²) in [5.41, 5.74) is 0. The third-order valence-electron chi connectivity index (χ3n) is 11.3. The van der Waals surface area contributed by atoms with Crippen LogP contribution in [0.5, 0.6) is 0 Å². The van der Waals surface area contributed by atoms with Crippen molar-refractivity contribution >= 4 is 17.9 Å². The van der Waals surface area contributed by atoms with Crippen LogP contribution in [0.4, 0.5) is 0 Å². The average Bonchev–Trinajstić information content (AvgIpc) is 3.32. The van der Waals surface area contributed by atoms with E-state index in [0.717, 1.165) is 109 Å². The Labute approximate surface area is 409 Å². The molecule has 0 rings (SSSR count). The Morgan fingerprint density at radius 3 is 1.02 bits per heavy atom. The number of carbonyl (C=O) groups is 3. The van der Waals surface area contributed by atoms with Gasteiger partial charge in [0.05, 0.1) is 6.85 Å². The fraction of sp³-hybridized carbons (Fsp3) is 0.746. The Bertz CT molecular complexity index is 1450. The fourth-order valence-corrected chi connectivity index (χ4v) is 7.24. The van der Waals surface area contributed by atoms with Gasteiger partial charge in [0.25, 0.3) is 0 Å². The maximum Gasteiger partial charge on any atom is 0.306 e. The summed E-state index contributed by atoms with van der Waals surface area (Å²) in [6.07, 6.45) is 57.7. The highest BCUT2D eigenvalue weighted by molar-refractivity contribution is 5.71. The molecule has 6 heteroatoms. The molecule has 0 heterocycles. The largest absolute Gasteiger partial charge is 0.462 e. The smallest absolute Gasteiger partial charge is 0.306 e. The van der Waals surface area contributed by atoms with Gasteiger partial charge in [0.15, 0.2) is 6.08 Å². The second-order valence-electron chi connectivity index (χ2n) is 17.6. The third kappa shape index (κ3) is 51.7. The van der Waals surface area contributed by atoms with Gasteiger partial charge >= 0.3 is 17.9 Å². The summed E-state index contributed by atoms with van der Waals surface area (Å²) in [5, 5.41) is 0. The van der Waals surface area contributed by atoms with Crippen LogP contribution in [0.25, 0.3) is 0 Å². The van der Waals surface area contributed by atoms with Gasteiger partial charge in [-0.2, -0.15) is 0 Å². The molecule has 0 bridgehead atoms. The molecule has 0 aromatic carbocycles. The van der Waals surface area contributed by atoms with E-state index in [1.54, 1.807) is 0 Å². The molecule has 1 atom stereocenters. The molecule has 0 radical (unpaired) electrons. The molecule has 0 fully saturated rings. The van der Waals surface area contributed by atoms with Crippen LogP contribution in [0.15, 0.2) is 72.9 Å². The van der Waals surface area contributed by atoms with Gasteiger partial charge in [-0.15, -0.1) is 0 Å². The summed E-state index contributed by atoms with van der Waals surface area (Å²) in [6.45, 7) is -0.354. The molecule has 0 saturated heterocycles. The summed E-state index contributed by atoms with van der Waals surface area (Å²) in [7, 11) is 0. The minimum atomic E-state index is -3.52. The van der Waals surface area contributed by atoms with Gasteiger partial charge in [0.1, 0.15) is 13.1 Å². The van der Waals surface area contributed by atoms with E-state index in [1.165, 1.54) is 89.9 Å². The number of ether oxygens (including phenoxy) is 3. The maximum absolute atomic E-state index is 13.2. The predicted molar refractivity (Wildman–Crippen MR) is 279 cm³/mol. The van der Waals surface area contributed by atoms with E-state index in [0.29, 0.717) is 25.7 Å². The van der Waals surface area contributed by atoms with Crippen LogP contribution in [-0.2, 0) is 28.6 Å². The average molecular weight is 912 g/mol. The van der Waals surface area contributed by atoms with Crippen molar-refractivity contribution in [2.75, 3.05) is 13.1 Å². The number of hydrogen-bond donors (Lipinski definition) is 0. The van der Waals surface area contributed by atoms with Gasteiger partial charge in [-0.1, -0.05) is 229 Å². The maximum atomic E-state index is 13.2. The van der Waals surface area contributed by atoms with Crippen LogP contribution in [0.3, 0.4) is 0 Å². The molecule has 0 aromatic heterocycles. The summed E-state index contributed by atoms with van der Waals surface area (Å²) >= 11 is 0. The minimum Gasteiger partial charge on any atom is -0.462 e. The molecule has 0 amide bonds. The number of hydrogen-bond acceptors (Lipinski definition) is 6. The van der Waals surface area contributed by atoms with Gasteiger partial charge in [-0.25, -0.2) is 0 Å². The van der Waals surface area contributed by atoms with Crippen molar-refractivity contribution in [2.45, 2.75) is 271 Å². The number of rotatable bonds is 49. The molecular weight excluding hydrogens is 805 g/mol. The lowest BCUT2D eigenvalue weighted by molar-refractivity contribution is -0.167. The monoisotopic (exact) mass is 912 g/mol. The SMILES string of the molecule is [2H]C([2H])(OC(=O)CCCCCCC/C=C\CCCCCCCC)C([2H])(OC(=O)CCCCC/C=C\C/C=C\C/C=C\C/C=C\C/C=C\CC)C([2H])([2H])OC(=O)CCCCCCCCCCCCCCC. The quantitative estimate of drug-likeness (QED) is 0.0262. The van der Waals surface area contributed by atoms with E-state index in [-0.39, 0.29) is 19.3 Å². The first-order valence-electron chi connectivity index (χ1n) is 29.4. The standard InChI is InChI=1S/C59H102O6/c1-4-7-10-13-16-19-22-25-27-28-29-30-32-35-38-41-44-47-50-53-59(62)65-56(54-63-57(60)51-48-45-42-39-36-33-24-21-18-15-12-9-6-3)55-64-58(61)52-49-46-43-40-37-34-31-26-23-20-17-14-11-8-5-2/h7,10,16,19,25-27,29-31,35,38,56H,4-6,8-9,11-15,17-18,20-24,28,32-34,36-37,39-55H2,1-3H3/b10-7-,19-16-,27-25-,30-29-,31-26-,38-35-/i54D2,55D2,56D. The highest BCUT2D eigenvalue weighted by Gasteiger charge is 2.19. The summed E-state index contributed by atoms with van der Waals surface area (Å²) in [5.74, 6) is -3.01. The summed E-state index contributed by atoms with van der Waals surface area (Å²) in [4.78, 5) is 39.0. The van der Waals surface area contributed by atoms with Crippen LogP contribution >= 0.6 is 0 Å². The zero-order chi connectivity index (χ0) is 51.7. The minimum absolute atomic E-state index is 0.141. The molecular formula is C59H102O6. The van der Waals surface area contributed by atoms with Crippen LogP contribution in [0.2, 0.25) is 0 Å². The Kier molecular flexibility index (Phi) is 43.4. The highest BCUT2D eigenvalue weighted by atomic mass is 16.6. The number of esters is 3. The van der Waals surface area contributed by atoms with E-state index in [1.807, 2.05) is 0 Å². The molecule has 1 unspecified atom stereocenters. The van der Waals surface area contributed by atoms with E-state index in [4.69, 9.17) is 21.1 Å². The molecule has 0 aromatic rings. The van der Waals surface area contributed by atoms with Crippen LogP contribution in [0, 0.1) is 0 Å². The second kappa shape index (κ2) is 53.5. The van der Waals surface area contributed by atoms with Crippen LogP contribution in [0.1, 0.15) is 272 Å². The molecule has 65 heavy (non-hydrogen) atoms. The molecule has 0 aliphatic carbocycles. The Hall–Kier alpha value is -3.15. The van der Waals surface area contributed by atoms with Crippen molar-refractivity contribution in [2.24, 2.45) is 0 Å². The molecule has 0 saturated carbocycles. The van der Waals surface area contributed by atoms with Crippen molar-refractivity contribution in [1.82, 2.24) is 0 Å². The van der Waals surface area contributed by atoms with Crippen molar-refractivity contribution in [1.29, 1.82) is 0 Å². The van der Waals surface area contributed by atoms with Gasteiger partial charge < -0.3 is 14.2 Å². The highest BCUT2D eigenvalue weighted by Crippen LogP contribution is 2.15. The summed E-state index contributed by atoms with van der Waals surface area (Å²) < 4.78 is 58.9. The van der Waals surface area contributed by atoms with E-state index in [2.05, 4.69) is 93.7 Å². The molecule has 6 nitrogen and oxygen atoms in total. The second-order valence-corrected chi connectivity index (χ2v) is 17.6. The van der Waals surface area contributed by atoms with Crippen molar-refractivity contribution in [3.05, 3.63) is 72.9 Å². The zero-order valence-corrected chi connectivity index (χ0v) is 42.2. The first-order valence-corrected chi connectivity index (χ1v) is 26.9. The van der Waals surface area contributed by atoms with Gasteiger partial charge in [-0.3, -0.25) is 14.4 Å². The van der Waals surface area contributed by atoms with Gasteiger partial charge in [-0.05, 0) is 89.9 Å². The topological polar surface area (TPSA) is 78.9 Å². The lowest BCUT2D eigenvalue weighted by Gasteiger charge is -2.18. The Balaban J connectivity index is 5.07. The third-order valence-corrected chi connectivity index (χ3v) is 11.3. The van der Waals surface area contributed by atoms with Crippen molar-refractivity contribution in [3.63, 3.8) is 0 Å². The molecule has 0 aliphatic rings. The fourth-order valence-electron chi connectivity index (χ4n) is 7.24. The molecule has 0 aliphatic heterocycles. The zero-order valence-electron chi connectivity index (χ0n) is 47.2. The van der Waals surface area contributed by atoms with Crippen LogP contribution in [-0.4, -0.2) is 37.1 Å². The first-order chi connectivity index (χ1) is 33.9. The predicted octanol–water partition coefficient (Wildman–Crippen LogP) is 18.2. The lowest BCUT2D eigenvalue weighted by Crippen LogP contribution is -2.30. The van der Waals surface area contributed by atoms with Crippen LogP contribution < -0.4 is 0 Å². The number of unbranched alkanes of at least 4 members (excludes halogenated alkanes) is 26. The Morgan fingerprint density at radius 2 is 0.646 bits per heavy atom. The van der Waals surface area contributed by atoms with Gasteiger partial charge in [0.2, 0.25) is 0 Å². The molecule has 0 N–H and O–H groups in total. The van der Waals surface area contributed by atoms with E-state index >= 15 is 0 Å². The Morgan fingerprint density at radius 1 is 0.369 bits per heavy atom. The van der Waals surface area contributed by atoms with Crippen molar-refractivity contribution < 1.29 is 35.4 Å². The van der Waals surface area contributed by atoms with E-state index in [9.17, 15) is 14.4 Å². The number of allylic oxidation sites excluding steroid dienone is 12. The molecule has 374 valence electrons. The van der Waals surface area contributed by atoms with Crippen molar-refractivity contribution in [3.8, 4) is 0 Å². The lowest BCUT2D eigenvalue weighted by atomic mass is 10.0.